The number of Topliss-reactive ketones (excluding diaryl/α,β-unsaturated/α-hetero) is 1. The molecule has 0 saturated heterocycles. The van der Waals surface area contributed by atoms with E-state index in [0.29, 0.717) is 25.4 Å². The molecule has 0 radical (unpaired) electrons. The molecule has 0 aromatic heterocycles. The van der Waals surface area contributed by atoms with E-state index < -0.39 is 0 Å². The molecule has 2 fully saturated rings. The molecule has 1 unspecified atom stereocenters. The van der Waals surface area contributed by atoms with Crippen molar-refractivity contribution >= 4 is 5.78 Å². The average Bonchev–Trinajstić information content (AvgIpc) is 2.33. The van der Waals surface area contributed by atoms with Gasteiger partial charge in [-0.2, -0.15) is 0 Å². The normalized spacial score (nSPS) is 27.3. The summed E-state index contributed by atoms with van der Waals surface area (Å²) in [6.45, 7) is 7.36. The molecule has 3 nitrogen and oxygen atoms in total. The summed E-state index contributed by atoms with van der Waals surface area (Å²) < 4.78 is 11.5. The highest BCUT2D eigenvalue weighted by Crippen LogP contribution is 2.50. The quantitative estimate of drug-likeness (QED) is 0.723. The summed E-state index contributed by atoms with van der Waals surface area (Å²) in [5.41, 5.74) is -0.221. The second kappa shape index (κ2) is 5.30. The molecule has 2 aliphatic rings. The molecule has 2 saturated carbocycles. The Bertz CT molecular complexity index is 297. The van der Waals surface area contributed by atoms with Gasteiger partial charge in [-0.15, -0.1) is 0 Å². The van der Waals surface area contributed by atoms with Crippen LogP contribution in [0.1, 0.15) is 59.3 Å². The second-order valence-electron chi connectivity index (χ2n) is 6.66. The van der Waals surface area contributed by atoms with Gasteiger partial charge < -0.3 is 9.47 Å². The van der Waals surface area contributed by atoms with E-state index in [4.69, 9.17) is 9.47 Å². The van der Waals surface area contributed by atoms with Crippen LogP contribution >= 0.6 is 0 Å². The summed E-state index contributed by atoms with van der Waals surface area (Å²) in [4.78, 5) is 11.9. The summed E-state index contributed by atoms with van der Waals surface area (Å²) in [5, 5.41) is 0. The van der Waals surface area contributed by atoms with Gasteiger partial charge in [0.1, 0.15) is 5.78 Å². The van der Waals surface area contributed by atoms with E-state index in [1.54, 1.807) is 0 Å². The second-order valence-corrected chi connectivity index (χ2v) is 6.66. The van der Waals surface area contributed by atoms with Gasteiger partial charge >= 0.3 is 0 Å². The van der Waals surface area contributed by atoms with E-state index >= 15 is 0 Å². The summed E-state index contributed by atoms with van der Waals surface area (Å²) in [6.07, 6.45) is 6.50. The lowest BCUT2D eigenvalue weighted by Crippen LogP contribution is -2.56. The van der Waals surface area contributed by atoms with Crippen LogP contribution in [0.5, 0.6) is 0 Å². The number of carbonyl (C=O) groups is 1. The molecule has 3 heteroatoms. The Morgan fingerprint density at radius 3 is 2.39 bits per heavy atom. The van der Waals surface area contributed by atoms with Gasteiger partial charge in [0.25, 0.3) is 0 Å². The van der Waals surface area contributed by atoms with Crippen LogP contribution in [0.15, 0.2) is 0 Å². The maximum atomic E-state index is 11.9. The standard InChI is InChI=1S/C15H26O3/c1-14(2,3)18-10-9-17-13-11-12(16)15(13)7-5-4-6-8-15/h13H,4-11H2,1-3H3. The number of rotatable bonds is 4. The summed E-state index contributed by atoms with van der Waals surface area (Å²) in [6, 6.07) is 0. The maximum Gasteiger partial charge on any atom is 0.144 e. The van der Waals surface area contributed by atoms with Crippen LogP contribution in [-0.4, -0.2) is 30.7 Å². The van der Waals surface area contributed by atoms with Crippen LogP contribution in [0.25, 0.3) is 0 Å². The molecule has 104 valence electrons. The zero-order chi connectivity index (χ0) is 13.2. The molecular weight excluding hydrogens is 228 g/mol. The van der Waals surface area contributed by atoms with Crippen molar-refractivity contribution in [3.8, 4) is 0 Å². The Hall–Kier alpha value is -0.410. The number of hydrogen-bond acceptors (Lipinski definition) is 3. The zero-order valence-electron chi connectivity index (χ0n) is 12.0. The van der Waals surface area contributed by atoms with Crippen molar-refractivity contribution in [2.24, 2.45) is 5.41 Å². The number of ether oxygens (including phenoxy) is 2. The van der Waals surface area contributed by atoms with Gasteiger partial charge in [-0.3, -0.25) is 4.79 Å². The van der Waals surface area contributed by atoms with Crippen molar-refractivity contribution in [2.75, 3.05) is 13.2 Å². The summed E-state index contributed by atoms with van der Waals surface area (Å²) >= 11 is 0. The third kappa shape index (κ3) is 2.94. The highest BCUT2D eigenvalue weighted by molar-refractivity contribution is 5.92. The fourth-order valence-corrected chi connectivity index (χ4v) is 3.16. The lowest BCUT2D eigenvalue weighted by atomic mass is 9.57. The Morgan fingerprint density at radius 1 is 1.17 bits per heavy atom. The third-order valence-corrected chi connectivity index (χ3v) is 4.23. The first-order valence-electron chi connectivity index (χ1n) is 7.23. The molecule has 2 rings (SSSR count). The average molecular weight is 254 g/mol. The fraction of sp³-hybridized carbons (Fsp3) is 0.933. The Balaban J connectivity index is 1.75. The molecule has 0 bridgehead atoms. The molecule has 1 atom stereocenters. The van der Waals surface area contributed by atoms with Crippen molar-refractivity contribution in [2.45, 2.75) is 71.0 Å². The van der Waals surface area contributed by atoms with E-state index in [0.717, 1.165) is 12.8 Å². The lowest BCUT2D eigenvalue weighted by molar-refractivity contribution is -0.173. The van der Waals surface area contributed by atoms with Crippen LogP contribution in [0, 0.1) is 5.41 Å². The molecule has 0 aromatic rings. The summed E-state index contributed by atoms with van der Waals surface area (Å²) in [5.74, 6) is 0.434. The Kier molecular flexibility index (Phi) is 4.12. The van der Waals surface area contributed by atoms with Gasteiger partial charge in [0, 0.05) is 6.42 Å². The molecule has 0 aromatic carbocycles. The highest BCUT2D eigenvalue weighted by atomic mass is 16.5. The Labute approximate surface area is 110 Å². The molecule has 0 N–H and O–H groups in total. The first-order valence-corrected chi connectivity index (χ1v) is 7.23. The van der Waals surface area contributed by atoms with Crippen molar-refractivity contribution in [1.29, 1.82) is 0 Å². The van der Waals surface area contributed by atoms with Gasteiger partial charge in [-0.1, -0.05) is 19.3 Å². The summed E-state index contributed by atoms with van der Waals surface area (Å²) in [7, 11) is 0. The number of hydrogen-bond donors (Lipinski definition) is 0. The van der Waals surface area contributed by atoms with Gasteiger partial charge in [0.15, 0.2) is 0 Å². The zero-order valence-corrected chi connectivity index (χ0v) is 12.0. The topological polar surface area (TPSA) is 35.5 Å². The van der Waals surface area contributed by atoms with Crippen LogP contribution in [0.2, 0.25) is 0 Å². The van der Waals surface area contributed by atoms with E-state index in [-0.39, 0.29) is 17.1 Å². The Morgan fingerprint density at radius 2 is 1.83 bits per heavy atom. The van der Waals surface area contributed by atoms with Gasteiger partial charge in [-0.25, -0.2) is 0 Å². The van der Waals surface area contributed by atoms with Crippen molar-refractivity contribution in [3.63, 3.8) is 0 Å². The SMILES string of the molecule is CC(C)(C)OCCOC1CC(=O)C12CCCCC2. The predicted molar refractivity (Wildman–Crippen MR) is 70.6 cm³/mol. The minimum Gasteiger partial charge on any atom is -0.374 e. The smallest absolute Gasteiger partial charge is 0.144 e. The van der Waals surface area contributed by atoms with Crippen LogP contribution in [0.4, 0.5) is 0 Å². The maximum absolute atomic E-state index is 11.9. The molecular formula is C15H26O3. The number of carbonyl (C=O) groups excluding carboxylic acids is 1. The van der Waals surface area contributed by atoms with Gasteiger partial charge in [-0.05, 0) is 33.6 Å². The lowest BCUT2D eigenvalue weighted by Gasteiger charge is -2.49. The third-order valence-electron chi connectivity index (χ3n) is 4.23. The van der Waals surface area contributed by atoms with Crippen LogP contribution in [0.3, 0.4) is 0 Å². The van der Waals surface area contributed by atoms with Gasteiger partial charge in [0.05, 0.1) is 30.3 Å². The number of ketones is 1. The van der Waals surface area contributed by atoms with E-state index in [9.17, 15) is 4.79 Å². The molecule has 2 aliphatic carbocycles. The minimum absolute atomic E-state index is 0.110. The largest absolute Gasteiger partial charge is 0.374 e. The van der Waals surface area contributed by atoms with Crippen molar-refractivity contribution < 1.29 is 14.3 Å². The highest BCUT2D eigenvalue weighted by Gasteiger charge is 2.55. The molecule has 0 amide bonds. The van der Waals surface area contributed by atoms with Gasteiger partial charge in [0.2, 0.25) is 0 Å². The molecule has 0 aliphatic heterocycles. The predicted octanol–water partition coefficient (Wildman–Crippen LogP) is 3.11. The van der Waals surface area contributed by atoms with Crippen molar-refractivity contribution in [1.82, 2.24) is 0 Å². The molecule has 1 spiro atoms. The van der Waals surface area contributed by atoms with E-state index in [1.807, 2.05) is 20.8 Å². The first-order chi connectivity index (χ1) is 8.44. The van der Waals surface area contributed by atoms with E-state index in [2.05, 4.69) is 0 Å². The van der Waals surface area contributed by atoms with Crippen LogP contribution in [-0.2, 0) is 14.3 Å². The van der Waals surface area contributed by atoms with Crippen LogP contribution < -0.4 is 0 Å². The monoisotopic (exact) mass is 254 g/mol. The molecule has 18 heavy (non-hydrogen) atoms. The molecule has 0 heterocycles. The van der Waals surface area contributed by atoms with E-state index in [1.165, 1.54) is 19.3 Å². The minimum atomic E-state index is -0.111. The van der Waals surface area contributed by atoms with Crippen molar-refractivity contribution in [3.05, 3.63) is 0 Å². The fourth-order valence-electron chi connectivity index (χ4n) is 3.16. The first kappa shape index (κ1) is 14.0.